The van der Waals surface area contributed by atoms with Gasteiger partial charge in [-0.15, -0.1) is 0 Å². The predicted octanol–water partition coefficient (Wildman–Crippen LogP) is 5.34. The fourth-order valence-corrected chi connectivity index (χ4v) is 2.63. The first-order chi connectivity index (χ1) is 12.6. The van der Waals surface area contributed by atoms with Crippen molar-refractivity contribution in [2.75, 3.05) is 0 Å². The molecule has 0 atom stereocenters. The van der Waals surface area contributed by atoms with Crippen molar-refractivity contribution in [1.29, 1.82) is 0 Å². The van der Waals surface area contributed by atoms with Gasteiger partial charge in [0, 0.05) is 17.1 Å². The summed E-state index contributed by atoms with van der Waals surface area (Å²) in [5, 5.41) is 2.85. The molecule has 0 radical (unpaired) electrons. The van der Waals surface area contributed by atoms with Gasteiger partial charge in [-0.3, -0.25) is 4.79 Å². The molecule has 0 heterocycles. The van der Waals surface area contributed by atoms with Gasteiger partial charge in [-0.2, -0.15) is 0 Å². The smallest absolute Gasteiger partial charge is 0.257 e. The Morgan fingerprint density at radius 2 is 1.58 bits per heavy atom. The number of rotatable bonds is 5. The Bertz CT molecular complexity index is 912. The fourth-order valence-electron chi connectivity index (χ4n) is 2.39. The Morgan fingerprint density at radius 3 is 2.27 bits per heavy atom. The quantitative estimate of drug-likeness (QED) is 0.655. The average molecular weight is 374 g/mol. The van der Waals surface area contributed by atoms with Crippen LogP contribution in [0.5, 0.6) is 11.5 Å². The normalized spacial score (nSPS) is 10.4. The molecule has 0 saturated carbocycles. The van der Waals surface area contributed by atoms with Crippen LogP contribution in [0.15, 0.2) is 66.7 Å². The van der Waals surface area contributed by atoms with Gasteiger partial charge in [0.15, 0.2) is 0 Å². The van der Waals surface area contributed by atoms with E-state index in [1.54, 1.807) is 30.3 Å². The summed E-state index contributed by atoms with van der Waals surface area (Å²) in [5.41, 5.74) is -0.131. The van der Waals surface area contributed by atoms with E-state index in [0.29, 0.717) is 22.1 Å². The van der Waals surface area contributed by atoms with Crippen LogP contribution in [0.3, 0.4) is 0 Å². The maximum Gasteiger partial charge on any atom is 0.257 e. The molecule has 0 aliphatic heterocycles. The monoisotopic (exact) mass is 373 g/mol. The average Bonchev–Trinajstić information content (AvgIpc) is 2.62. The zero-order chi connectivity index (χ0) is 18.5. The number of hydrogen-bond acceptors (Lipinski definition) is 2. The van der Waals surface area contributed by atoms with Gasteiger partial charge in [-0.1, -0.05) is 41.9 Å². The van der Waals surface area contributed by atoms with Gasteiger partial charge < -0.3 is 10.1 Å². The highest BCUT2D eigenvalue weighted by atomic mass is 35.5. The summed E-state index contributed by atoms with van der Waals surface area (Å²) in [6, 6.07) is 17.3. The number of hydrogen-bond donors (Lipinski definition) is 1. The van der Waals surface area contributed by atoms with Gasteiger partial charge in [-0.25, -0.2) is 8.78 Å². The van der Waals surface area contributed by atoms with Crippen molar-refractivity contribution in [2.24, 2.45) is 0 Å². The Labute approximate surface area is 154 Å². The van der Waals surface area contributed by atoms with Crippen LogP contribution < -0.4 is 10.1 Å². The third kappa shape index (κ3) is 4.00. The molecule has 0 aromatic heterocycles. The van der Waals surface area contributed by atoms with Crippen LogP contribution in [-0.2, 0) is 6.54 Å². The van der Waals surface area contributed by atoms with Crippen molar-refractivity contribution < 1.29 is 18.3 Å². The van der Waals surface area contributed by atoms with Crippen molar-refractivity contribution in [1.82, 2.24) is 5.32 Å². The van der Waals surface area contributed by atoms with Gasteiger partial charge in [0.25, 0.3) is 5.91 Å². The highest BCUT2D eigenvalue weighted by Crippen LogP contribution is 2.30. The SMILES string of the molecule is O=C(NCc1c(Cl)cccc1Oc1ccccc1)c1c(F)cccc1F. The number of halogens is 3. The van der Waals surface area contributed by atoms with Gasteiger partial charge in [-0.05, 0) is 36.4 Å². The molecule has 3 aromatic rings. The van der Waals surface area contributed by atoms with Crippen molar-refractivity contribution in [3.63, 3.8) is 0 Å². The first-order valence-corrected chi connectivity index (χ1v) is 8.16. The molecule has 0 fully saturated rings. The second kappa shape index (κ2) is 7.97. The minimum Gasteiger partial charge on any atom is -0.457 e. The Balaban J connectivity index is 1.81. The standard InChI is InChI=1S/C20H14ClF2NO2/c21-15-8-4-11-18(26-13-6-2-1-3-7-13)14(15)12-24-20(25)19-16(22)9-5-10-17(19)23/h1-11H,12H2,(H,24,25). The van der Waals surface area contributed by atoms with E-state index in [0.717, 1.165) is 12.1 Å². The van der Waals surface area contributed by atoms with E-state index < -0.39 is 23.1 Å². The lowest BCUT2D eigenvalue weighted by molar-refractivity contribution is 0.0942. The van der Waals surface area contributed by atoms with Crippen LogP contribution in [0, 0.1) is 11.6 Å². The number of carbonyl (C=O) groups excluding carboxylic acids is 1. The first kappa shape index (κ1) is 17.9. The molecule has 0 bridgehead atoms. The molecule has 26 heavy (non-hydrogen) atoms. The lowest BCUT2D eigenvalue weighted by Crippen LogP contribution is -2.25. The number of amides is 1. The molecular weight excluding hydrogens is 360 g/mol. The summed E-state index contributed by atoms with van der Waals surface area (Å²) >= 11 is 6.21. The zero-order valence-electron chi connectivity index (χ0n) is 13.5. The van der Waals surface area contributed by atoms with Gasteiger partial charge in [0.2, 0.25) is 0 Å². The molecule has 3 aromatic carbocycles. The first-order valence-electron chi connectivity index (χ1n) is 7.79. The van der Waals surface area contributed by atoms with Crippen LogP contribution in [0.25, 0.3) is 0 Å². The van der Waals surface area contributed by atoms with Gasteiger partial charge >= 0.3 is 0 Å². The fraction of sp³-hybridized carbons (Fsp3) is 0.0500. The van der Waals surface area contributed by atoms with Crippen molar-refractivity contribution >= 4 is 17.5 Å². The molecule has 0 aliphatic carbocycles. The molecule has 0 spiro atoms. The molecule has 3 nitrogen and oxygen atoms in total. The van der Waals surface area contributed by atoms with Crippen LogP contribution >= 0.6 is 11.6 Å². The molecule has 3 rings (SSSR count). The highest BCUT2D eigenvalue weighted by Gasteiger charge is 2.18. The summed E-state index contributed by atoms with van der Waals surface area (Å²) in [6.45, 7) is -0.0472. The summed E-state index contributed by atoms with van der Waals surface area (Å²) in [5.74, 6) is -1.68. The lowest BCUT2D eigenvalue weighted by atomic mass is 10.1. The second-order valence-corrected chi connectivity index (χ2v) is 5.82. The van der Waals surface area contributed by atoms with Crippen molar-refractivity contribution in [3.8, 4) is 11.5 Å². The number of carbonyl (C=O) groups is 1. The number of para-hydroxylation sites is 1. The third-order valence-corrected chi connectivity index (χ3v) is 4.02. The lowest BCUT2D eigenvalue weighted by Gasteiger charge is -2.14. The van der Waals surface area contributed by atoms with Gasteiger partial charge in [0.1, 0.15) is 28.7 Å². The summed E-state index contributed by atoms with van der Waals surface area (Å²) < 4.78 is 33.2. The minimum absolute atomic E-state index is 0.0472. The highest BCUT2D eigenvalue weighted by molar-refractivity contribution is 6.31. The van der Waals surface area contributed by atoms with E-state index in [1.165, 1.54) is 6.07 Å². The van der Waals surface area contributed by atoms with E-state index in [4.69, 9.17) is 16.3 Å². The predicted molar refractivity (Wildman–Crippen MR) is 95.5 cm³/mol. The molecule has 0 unspecified atom stereocenters. The van der Waals surface area contributed by atoms with E-state index in [2.05, 4.69) is 5.32 Å². The number of ether oxygens (including phenoxy) is 1. The third-order valence-electron chi connectivity index (χ3n) is 3.66. The number of nitrogens with one attached hydrogen (secondary N) is 1. The second-order valence-electron chi connectivity index (χ2n) is 5.41. The molecular formula is C20H14ClF2NO2. The minimum atomic E-state index is -0.928. The Kier molecular flexibility index (Phi) is 5.49. The maximum atomic E-state index is 13.7. The van der Waals surface area contributed by atoms with Gasteiger partial charge in [0.05, 0.1) is 0 Å². The van der Waals surface area contributed by atoms with Crippen molar-refractivity contribution in [3.05, 3.63) is 94.5 Å². The Morgan fingerprint density at radius 1 is 0.923 bits per heavy atom. The summed E-state index contributed by atoms with van der Waals surface area (Å²) in [7, 11) is 0. The van der Waals surface area contributed by atoms with Crippen LogP contribution in [-0.4, -0.2) is 5.91 Å². The van der Waals surface area contributed by atoms with Crippen LogP contribution in [0.4, 0.5) is 8.78 Å². The Hall–Kier alpha value is -2.92. The summed E-state index contributed by atoms with van der Waals surface area (Å²) in [4.78, 5) is 12.2. The van der Waals surface area contributed by atoms with Crippen LogP contribution in [0.1, 0.15) is 15.9 Å². The van der Waals surface area contributed by atoms with E-state index >= 15 is 0 Å². The topological polar surface area (TPSA) is 38.3 Å². The van der Waals surface area contributed by atoms with Crippen LogP contribution in [0.2, 0.25) is 5.02 Å². The largest absolute Gasteiger partial charge is 0.457 e. The maximum absolute atomic E-state index is 13.7. The zero-order valence-corrected chi connectivity index (χ0v) is 14.3. The van der Waals surface area contributed by atoms with E-state index in [1.807, 2.05) is 18.2 Å². The molecule has 132 valence electrons. The summed E-state index contributed by atoms with van der Waals surface area (Å²) in [6.07, 6.45) is 0. The van der Waals surface area contributed by atoms with E-state index in [-0.39, 0.29) is 6.54 Å². The van der Waals surface area contributed by atoms with Crippen molar-refractivity contribution in [2.45, 2.75) is 6.54 Å². The number of benzene rings is 3. The molecule has 6 heteroatoms. The molecule has 1 amide bonds. The molecule has 1 N–H and O–H groups in total. The molecule has 0 saturated heterocycles. The molecule has 0 aliphatic rings. The van der Waals surface area contributed by atoms with E-state index in [9.17, 15) is 13.6 Å².